The van der Waals surface area contributed by atoms with Crippen LogP contribution in [0.1, 0.15) is 45.9 Å². The highest BCUT2D eigenvalue weighted by atomic mass is 16.5. The minimum atomic E-state index is 0.139. The molecule has 0 bridgehead atoms. The van der Waals surface area contributed by atoms with Gasteiger partial charge in [-0.2, -0.15) is 4.98 Å². The fraction of sp³-hybridized carbons (Fsp3) is 0.706. The number of amides is 1. The van der Waals surface area contributed by atoms with Crippen molar-refractivity contribution in [1.82, 2.24) is 15.0 Å². The summed E-state index contributed by atoms with van der Waals surface area (Å²) in [6.45, 7) is 9.58. The summed E-state index contributed by atoms with van der Waals surface area (Å²) in [6.07, 6.45) is 5.61. The van der Waals surface area contributed by atoms with Gasteiger partial charge in [0.1, 0.15) is 0 Å². The lowest BCUT2D eigenvalue weighted by Crippen LogP contribution is -2.42. The zero-order chi connectivity index (χ0) is 16.4. The standard InChI is InChI=1S/C17H26N4O2/c1-4-14-18-16(19-23-14)20-9-6-17(7-10-20)11-15(22)21(12-17)8-5-13(2)3/h5H,4,6-12H2,1-3H3. The third-order valence-electron chi connectivity index (χ3n) is 4.99. The Morgan fingerprint density at radius 1 is 1.35 bits per heavy atom. The van der Waals surface area contributed by atoms with E-state index in [-0.39, 0.29) is 5.41 Å². The van der Waals surface area contributed by atoms with E-state index in [0.29, 0.717) is 24.2 Å². The highest BCUT2D eigenvalue weighted by Crippen LogP contribution is 2.41. The first-order chi connectivity index (χ1) is 11.0. The van der Waals surface area contributed by atoms with Crippen molar-refractivity contribution in [3.63, 3.8) is 0 Å². The van der Waals surface area contributed by atoms with Crippen molar-refractivity contribution in [2.45, 2.75) is 46.5 Å². The Labute approximate surface area is 137 Å². The topological polar surface area (TPSA) is 62.5 Å². The molecule has 0 radical (unpaired) electrons. The van der Waals surface area contributed by atoms with Gasteiger partial charge in [-0.05, 0) is 31.8 Å². The van der Waals surface area contributed by atoms with Crippen LogP contribution in [0.5, 0.6) is 0 Å². The molecule has 0 saturated carbocycles. The highest BCUT2D eigenvalue weighted by Gasteiger charge is 2.44. The van der Waals surface area contributed by atoms with Gasteiger partial charge in [-0.3, -0.25) is 4.79 Å². The second-order valence-corrected chi connectivity index (χ2v) is 7.06. The minimum Gasteiger partial charge on any atom is -0.338 e. The van der Waals surface area contributed by atoms with Crippen molar-refractivity contribution in [2.75, 3.05) is 31.1 Å². The summed E-state index contributed by atoms with van der Waals surface area (Å²) in [7, 11) is 0. The predicted molar refractivity (Wildman–Crippen MR) is 88.2 cm³/mol. The second-order valence-electron chi connectivity index (χ2n) is 7.06. The number of hydrogen-bond donors (Lipinski definition) is 0. The molecule has 0 aliphatic carbocycles. The summed E-state index contributed by atoms with van der Waals surface area (Å²) in [6, 6.07) is 0. The van der Waals surface area contributed by atoms with Gasteiger partial charge in [-0.1, -0.05) is 18.6 Å². The molecule has 3 heterocycles. The third-order valence-corrected chi connectivity index (χ3v) is 4.99. The first-order valence-electron chi connectivity index (χ1n) is 8.50. The van der Waals surface area contributed by atoms with Gasteiger partial charge in [0.25, 0.3) is 5.95 Å². The van der Waals surface area contributed by atoms with Gasteiger partial charge in [0.15, 0.2) is 0 Å². The summed E-state index contributed by atoms with van der Waals surface area (Å²) in [5.74, 6) is 1.68. The van der Waals surface area contributed by atoms with Crippen molar-refractivity contribution >= 4 is 11.9 Å². The summed E-state index contributed by atoms with van der Waals surface area (Å²) in [5, 5.41) is 4.06. The molecule has 1 spiro atoms. The number of aromatic nitrogens is 2. The normalized spacial score (nSPS) is 20.4. The molecule has 1 amide bonds. The monoisotopic (exact) mass is 318 g/mol. The number of piperidine rings is 1. The number of rotatable bonds is 4. The van der Waals surface area contributed by atoms with Crippen LogP contribution in [-0.4, -0.2) is 47.1 Å². The van der Waals surface area contributed by atoms with E-state index in [2.05, 4.69) is 35.0 Å². The summed E-state index contributed by atoms with van der Waals surface area (Å²) < 4.78 is 5.20. The Bertz CT molecular complexity index is 595. The fourth-order valence-corrected chi connectivity index (χ4v) is 3.47. The number of allylic oxidation sites excluding steroid dienone is 1. The van der Waals surface area contributed by atoms with Crippen LogP contribution in [0.3, 0.4) is 0 Å². The van der Waals surface area contributed by atoms with Crippen LogP contribution in [0.25, 0.3) is 0 Å². The molecule has 2 saturated heterocycles. The number of carbonyl (C=O) groups is 1. The average Bonchev–Trinajstić information content (AvgIpc) is 3.11. The molecular formula is C17H26N4O2. The van der Waals surface area contributed by atoms with Gasteiger partial charge >= 0.3 is 0 Å². The smallest absolute Gasteiger partial charge is 0.266 e. The molecule has 2 fully saturated rings. The van der Waals surface area contributed by atoms with Gasteiger partial charge in [-0.25, -0.2) is 0 Å². The lowest BCUT2D eigenvalue weighted by molar-refractivity contribution is -0.127. The molecule has 0 N–H and O–H groups in total. The van der Waals surface area contributed by atoms with Crippen LogP contribution < -0.4 is 4.90 Å². The second kappa shape index (κ2) is 6.34. The largest absolute Gasteiger partial charge is 0.338 e. The van der Waals surface area contributed by atoms with E-state index in [0.717, 1.165) is 45.4 Å². The molecular weight excluding hydrogens is 292 g/mol. The van der Waals surface area contributed by atoms with E-state index < -0.39 is 0 Å². The average molecular weight is 318 g/mol. The Hall–Kier alpha value is -1.85. The summed E-state index contributed by atoms with van der Waals surface area (Å²) in [5.41, 5.74) is 1.40. The van der Waals surface area contributed by atoms with Crippen LogP contribution in [0, 0.1) is 5.41 Å². The molecule has 6 heteroatoms. The predicted octanol–water partition coefficient (Wildman–Crippen LogP) is 2.42. The molecule has 6 nitrogen and oxygen atoms in total. The van der Waals surface area contributed by atoms with Gasteiger partial charge in [0.05, 0.1) is 0 Å². The lowest BCUT2D eigenvalue weighted by atomic mass is 9.78. The third kappa shape index (κ3) is 3.41. The van der Waals surface area contributed by atoms with E-state index in [9.17, 15) is 4.79 Å². The zero-order valence-corrected chi connectivity index (χ0v) is 14.3. The molecule has 0 aromatic carbocycles. The number of hydrogen-bond acceptors (Lipinski definition) is 5. The summed E-state index contributed by atoms with van der Waals surface area (Å²) >= 11 is 0. The maximum atomic E-state index is 12.3. The molecule has 3 rings (SSSR count). The van der Waals surface area contributed by atoms with Crippen molar-refractivity contribution in [3.8, 4) is 0 Å². The number of carbonyl (C=O) groups excluding carboxylic acids is 1. The Kier molecular flexibility index (Phi) is 4.41. The van der Waals surface area contributed by atoms with Gasteiger partial charge < -0.3 is 14.3 Å². The molecule has 0 atom stereocenters. The molecule has 2 aliphatic heterocycles. The molecule has 0 unspecified atom stereocenters. The first kappa shape index (κ1) is 16.0. The fourth-order valence-electron chi connectivity index (χ4n) is 3.47. The van der Waals surface area contributed by atoms with Crippen LogP contribution in [0.15, 0.2) is 16.2 Å². The lowest BCUT2D eigenvalue weighted by Gasteiger charge is -2.38. The van der Waals surface area contributed by atoms with Crippen LogP contribution in [-0.2, 0) is 11.2 Å². The summed E-state index contributed by atoms with van der Waals surface area (Å²) in [4.78, 5) is 20.9. The van der Waals surface area contributed by atoms with E-state index in [1.165, 1.54) is 5.57 Å². The van der Waals surface area contributed by atoms with Crippen molar-refractivity contribution in [1.29, 1.82) is 0 Å². The van der Waals surface area contributed by atoms with Gasteiger partial charge in [0, 0.05) is 44.4 Å². The van der Waals surface area contributed by atoms with Crippen molar-refractivity contribution in [2.24, 2.45) is 5.41 Å². The molecule has 126 valence electrons. The molecule has 2 aliphatic rings. The Morgan fingerprint density at radius 3 is 2.70 bits per heavy atom. The minimum absolute atomic E-state index is 0.139. The number of aryl methyl sites for hydroxylation is 1. The maximum absolute atomic E-state index is 12.3. The van der Waals surface area contributed by atoms with Gasteiger partial charge in [0.2, 0.25) is 11.8 Å². The van der Waals surface area contributed by atoms with Crippen molar-refractivity contribution < 1.29 is 9.32 Å². The zero-order valence-electron chi connectivity index (χ0n) is 14.3. The first-order valence-corrected chi connectivity index (χ1v) is 8.50. The van der Waals surface area contributed by atoms with Crippen LogP contribution in [0.2, 0.25) is 0 Å². The Morgan fingerprint density at radius 2 is 2.09 bits per heavy atom. The molecule has 1 aromatic heterocycles. The van der Waals surface area contributed by atoms with E-state index in [1.807, 2.05) is 11.8 Å². The molecule has 23 heavy (non-hydrogen) atoms. The number of nitrogens with zero attached hydrogens (tertiary/aromatic N) is 4. The van der Waals surface area contributed by atoms with Crippen molar-refractivity contribution in [3.05, 3.63) is 17.5 Å². The van der Waals surface area contributed by atoms with Crippen LogP contribution >= 0.6 is 0 Å². The maximum Gasteiger partial charge on any atom is 0.266 e. The van der Waals surface area contributed by atoms with E-state index >= 15 is 0 Å². The van der Waals surface area contributed by atoms with E-state index in [4.69, 9.17) is 4.52 Å². The highest BCUT2D eigenvalue weighted by molar-refractivity contribution is 5.79. The van der Waals surface area contributed by atoms with E-state index in [1.54, 1.807) is 0 Å². The van der Waals surface area contributed by atoms with Crippen LogP contribution in [0.4, 0.5) is 5.95 Å². The number of likely N-dealkylation sites (tertiary alicyclic amines) is 1. The number of anilines is 1. The SMILES string of the molecule is CCc1nc(N2CCC3(CC2)CC(=O)N(CC=C(C)C)C3)no1. The van der Waals surface area contributed by atoms with Gasteiger partial charge in [-0.15, -0.1) is 0 Å². The molecule has 1 aromatic rings. The quantitative estimate of drug-likeness (QED) is 0.798. The Balaban J connectivity index is 1.60.